The minimum absolute atomic E-state index is 0.0262. The van der Waals surface area contributed by atoms with Gasteiger partial charge in [-0.2, -0.15) is 0 Å². The van der Waals surface area contributed by atoms with E-state index in [9.17, 15) is 13.2 Å². The van der Waals surface area contributed by atoms with Crippen molar-refractivity contribution in [3.63, 3.8) is 0 Å². The van der Waals surface area contributed by atoms with Crippen LogP contribution in [0, 0.1) is 0 Å². The van der Waals surface area contributed by atoms with Gasteiger partial charge in [-0.1, -0.05) is 23.9 Å². The van der Waals surface area contributed by atoms with Crippen molar-refractivity contribution in [2.24, 2.45) is 7.05 Å². The van der Waals surface area contributed by atoms with Gasteiger partial charge >= 0.3 is 0 Å². The number of fused-ring (bicyclic) bond motifs is 1. The monoisotopic (exact) mass is 381 g/mol. The van der Waals surface area contributed by atoms with Gasteiger partial charge in [0.1, 0.15) is 0 Å². The number of hydrogen-bond donors (Lipinski definition) is 0. The second kappa shape index (κ2) is 6.99. The number of thioether (sulfide) groups is 1. The van der Waals surface area contributed by atoms with Gasteiger partial charge in [-0.25, -0.2) is 13.4 Å². The van der Waals surface area contributed by atoms with Crippen LogP contribution >= 0.6 is 11.8 Å². The third-order valence-electron chi connectivity index (χ3n) is 4.65. The fourth-order valence-electron chi connectivity index (χ4n) is 3.29. The topological polar surface area (TPSA) is 72.3 Å². The van der Waals surface area contributed by atoms with Gasteiger partial charge in [0.2, 0.25) is 5.91 Å². The predicted molar refractivity (Wildman–Crippen MR) is 100 cm³/mol. The summed E-state index contributed by atoms with van der Waals surface area (Å²) in [5.41, 5.74) is 1.93. The standard InChI is InChI=1S/C17H23N3O3S2/c1-4-20(13-9-10-25(22,23)11-13)16(21)12(2)24-17-18-14-7-5-6-8-15(14)19(17)3/h5-8,12-13H,4,9-11H2,1-3H3/t12-,13+/m1/s1. The van der Waals surface area contributed by atoms with Crippen LogP contribution in [0.3, 0.4) is 0 Å². The van der Waals surface area contributed by atoms with Gasteiger partial charge in [0.25, 0.3) is 0 Å². The number of benzene rings is 1. The van der Waals surface area contributed by atoms with Crippen LogP contribution in [0.1, 0.15) is 20.3 Å². The molecule has 1 amide bonds. The number of carbonyl (C=O) groups excluding carboxylic acids is 1. The Hall–Kier alpha value is -1.54. The molecule has 1 aromatic carbocycles. The van der Waals surface area contributed by atoms with Crippen LogP contribution in [0.15, 0.2) is 29.4 Å². The summed E-state index contributed by atoms with van der Waals surface area (Å²) in [7, 11) is -1.07. The van der Waals surface area contributed by atoms with Crippen molar-refractivity contribution in [1.29, 1.82) is 0 Å². The number of rotatable bonds is 5. The molecule has 1 aliphatic rings. The van der Waals surface area contributed by atoms with E-state index in [2.05, 4.69) is 4.98 Å². The first-order valence-electron chi connectivity index (χ1n) is 8.41. The summed E-state index contributed by atoms with van der Waals surface area (Å²) < 4.78 is 25.5. The van der Waals surface area contributed by atoms with Crippen molar-refractivity contribution in [1.82, 2.24) is 14.5 Å². The zero-order valence-corrected chi connectivity index (χ0v) is 16.3. The Morgan fingerprint density at radius 1 is 1.44 bits per heavy atom. The maximum absolute atomic E-state index is 12.9. The number of aromatic nitrogens is 2. The molecule has 2 atom stereocenters. The quantitative estimate of drug-likeness (QED) is 0.742. The van der Waals surface area contributed by atoms with Crippen LogP contribution in [-0.2, 0) is 21.7 Å². The first kappa shape index (κ1) is 18.3. The number of aryl methyl sites for hydroxylation is 1. The normalized spacial score (nSPS) is 20.7. The third kappa shape index (κ3) is 3.69. The maximum Gasteiger partial charge on any atom is 0.236 e. The molecule has 0 radical (unpaired) electrons. The lowest BCUT2D eigenvalue weighted by Crippen LogP contribution is -2.44. The van der Waals surface area contributed by atoms with Crippen molar-refractivity contribution >= 4 is 38.5 Å². The molecule has 1 fully saturated rings. The summed E-state index contributed by atoms with van der Waals surface area (Å²) >= 11 is 1.42. The molecule has 2 heterocycles. The number of nitrogens with zero attached hydrogens (tertiary/aromatic N) is 3. The Labute approximate surface area is 152 Å². The lowest BCUT2D eigenvalue weighted by atomic mass is 10.2. The van der Waals surface area contributed by atoms with Gasteiger partial charge in [0.15, 0.2) is 15.0 Å². The van der Waals surface area contributed by atoms with E-state index in [1.165, 1.54) is 11.8 Å². The van der Waals surface area contributed by atoms with Crippen LogP contribution in [-0.4, -0.2) is 58.1 Å². The van der Waals surface area contributed by atoms with E-state index < -0.39 is 9.84 Å². The van der Waals surface area contributed by atoms with Crippen LogP contribution in [0.2, 0.25) is 0 Å². The second-order valence-corrected chi connectivity index (χ2v) is 9.92. The Morgan fingerprint density at radius 3 is 2.76 bits per heavy atom. The summed E-state index contributed by atoms with van der Waals surface area (Å²) in [4.78, 5) is 19.2. The highest BCUT2D eigenvalue weighted by molar-refractivity contribution is 8.00. The van der Waals surface area contributed by atoms with E-state index in [1.807, 2.05) is 49.7 Å². The predicted octanol–water partition coefficient (Wildman–Crippen LogP) is 2.09. The van der Waals surface area contributed by atoms with Crippen molar-refractivity contribution < 1.29 is 13.2 Å². The first-order valence-corrected chi connectivity index (χ1v) is 11.1. The number of sulfone groups is 1. The molecule has 8 heteroatoms. The molecule has 0 saturated carbocycles. The van der Waals surface area contributed by atoms with Crippen LogP contribution in [0.5, 0.6) is 0 Å². The van der Waals surface area contributed by atoms with E-state index in [-0.39, 0.29) is 28.7 Å². The van der Waals surface area contributed by atoms with Gasteiger partial charge in [0, 0.05) is 19.6 Å². The summed E-state index contributed by atoms with van der Waals surface area (Å²) in [5, 5.41) is 0.468. The molecule has 25 heavy (non-hydrogen) atoms. The van der Waals surface area contributed by atoms with E-state index in [1.54, 1.807) is 4.90 Å². The average molecular weight is 382 g/mol. The van der Waals surface area contributed by atoms with Gasteiger partial charge in [0.05, 0.1) is 27.8 Å². The number of carbonyl (C=O) groups is 1. The molecule has 136 valence electrons. The largest absolute Gasteiger partial charge is 0.338 e. The number of para-hydroxylation sites is 2. The minimum Gasteiger partial charge on any atom is -0.338 e. The first-order chi connectivity index (χ1) is 11.8. The van der Waals surface area contributed by atoms with E-state index >= 15 is 0 Å². The van der Waals surface area contributed by atoms with Crippen LogP contribution in [0.25, 0.3) is 11.0 Å². The Balaban J connectivity index is 1.76. The zero-order valence-electron chi connectivity index (χ0n) is 14.7. The molecule has 1 saturated heterocycles. The van der Waals surface area contributed by atoms with Gasteiger partial charge < -0.3 is 9.47 Å². The maximum atomic E-state index is 12.9. The van der Waals surface area contributed by atoms with Crippen molar-refractivity contribution in [3.8, 4) is 0 Å². The lowest BCUT2D eigenvalue weighted by molar-refractivity contribution is -0.131. The molecule has 1 aliphatic heterocycles. The molecular weight excluding hydrogens is 358 g/mol. The van der Waals surface area contributed by atoms with Gasteiger partial charge in [-0.05, 0) is 32.4 Å². The summed E-state index contributed by atoms with van der Waals surface area (Å²) in [6.45, 7) is 4.28. The van der Waals surface area contributed by atoms with E-state index in [4.69, 9.17) is 0 Å². The highest BCUT2D eigenvalue weighted by atomic mass is 32.2. The molecule has 3 rings (SSSR count). The lowest BCUT2D eigenvalue weighted by Gasteiger charge is -2.29. The Kier molecular flexibility index (Phi) is 5.11. The van der Waals surface area contributed by atoms with Gasteiger partial charge in [-0.15, -0.1) is 0 Å². The minimum atomic E-state index is -3.01. The second-order valence-electron chi connectivity index (χ2n) is 6.38. The average Bonchev–Trinajstić information content (AvgIpc) is 3.08. The van der Waals surface area contributed by atoms with E-state index in [0.717, 1.165) is 16.2 Å². The third-order valence-corrected chi connectivity index (χ3v) is 7.53. The highest BCUT2D eigenvalue weighted by Crippen LogP contribution is 2.28. The highest BCUT2D eigenvalue weighted by Gasteiger charge is 2.35. The molecule has 0 N–H and O–H groups in total. The molecule has 0 unspecified atom stereocenters. The molecule has 1 aromatic heterocycles. The number of amides is 1. The molecule has 0 spiro atoms. The molecular formula is C17H23N3O3S2. The molecule has 2 aromatic rings. The van der Waals surface area contributed by atoms with Crippen molar-refractivity contribution in [2.75, 3.05) is 18.1 Å². The van der Waals surface area contributed by atoms with Crippen LogP contribution in [0.4, 0.5) is 0 Å². The van der Waals surface area contributed by atoms with E-state index in [0.29, 0.717) is 13.0 Å². The van der Waals surface area contributed by atoms with Crippen LogP contribution < -0.4 is 0 Å². The van der Waals surface area contributed by atoms with Crippen molar-refractivity contribution in [3.05, 3.63) is 24.3 Å². The van der Waals surface area contributed by atoms with Gasteiger partial charge in [-0.3, -0.25) is 4.79 Å². The summed E-state index contributed by atoms with van der Waals surface area (Å²) in [5.74, 6) is 0.228. The summed E-state index contributed by atoms with van der Waals surface area (Å²) in [6, 6.07) is 7.66. The summed E-state index contributed by atoms with van der Waals surface area (Å²) in [6.07, 6.45) is 0.533. The fourth-order valence-corrected chi connectivity index (χ4v) is 5.98. The zero-order chi connectivity index (χ0) is 18.2. The Bertz CT molecular complexity index is 892. The SMILES string of the molecule is CCN(C(=O)[C@@H](C)Sc1nc2ccccc2n1C)[C@H]1CCS(=O)(=O)C1. The smallest absolute Gasteiger partial charge is 0.236 e. The Morgan fingerprint density at radius 2 is 2.16 bits per heavy atom. The molecule has 0 bridgehead atoms. The molecule has 0 aliphatic carbocycles. The fraction of sp³-hybridized carbons (Fsp3) is 0.529. The number of imidazole rings is 1. The number of hydrogen-bond acceptors (Lipinski definition) is 5. The molecule has 6 nitrogen and oxygen atoms in total. The van der Waals surface area contributed by atoms with Crippen molar-refractivity contribution in [2.45, 2.75) is 36.7 Å².